The minimum atomic E-state index is -0.491. The van der Waals surface area contributed by atoms with Gasteiger partial charge >= 0.3 is 0 Å². The Bertz CT molecular complexity index is 1140. The van der Waals surface area contributed by atoms with Crippen LogP contribution in [0.1, 0.15) is 38.2 Å². The Labute approximate surface area is 180 Å². The lowest BCUT2D eigenvalue weighted by atomic mass is 9.80. The third-order valence-corrected chi connectivity index (χ3v) is 6.35. The van der Waals surface area contributed by atoms with Gasteiger partial charge in [-0.1, -0.05) is 24.3 Å². The number of fused-ring (bicyclic) bond motifs is 1. The monoisotopic (exact) mass is 416 g/mol. The summed E-state index contributed by atoms with van der Waals surface area (Å²) in [7, 11) is 0. The molecule has 2 saturated heterocycles. The van der Waals surface area contributed by atoms with Gasteiger partial charge in [0, 0.05) is 43.4 Å². The third kappa shape index (κ3) is 3.28. The molecule has 3 aromatic rings. The van der Waals surface area contributed by atoms with Gasteiger partial charge in [-0.2, -0.15) is 5.10 Å². The van der Waals surface area contributed by atoms with Crippen LogP contribution in [0.5, 0.6) is 0 Å². The predicted molar refractivity (Wildman–Crippen MR) is 114 cm³/mol. The molecule has 158 valence electrons. The van der Waals surface area contributed by atoms with Crippen molar-refractivity contribution in [1.82, 2.24) is 30.0 Å². The third-order valence-electron chi connectivity index (χ3n) is 6.35. The fourth-order valence-electron chi connectivity index (χ4n) is 4.84. The summed E-state index contributed by atoms with van der Waals surface area (Å²) < 4.78 is 0. The van der Waals surface area contributed by atoms with E-state index in [1.54, 1.807) is 6.07 Å². The number of aryl methyl sites for hydroxylation is 2. The zero-order valence-corrected chi connectivity index (χ0v) is 17.6. The lowest BCUT2D eigenvalue weighted by Crippen LogP contribution is -2.42. The average Bonchev–Trinajstić information content (AvgIpc) is 3.46. The molecule has 4 heterocycles. The molecule has 5 rings (SSSR count). The molecule has 2 amide bonds. The van der Waals surface area contributed by atoms with E-state index in [2.05, 4.69) is 20.2 Å². The molecule has 2 atom stereocenters. The fraction of sp³-hybridized carbons (Fsp3) is 0.348. The van der Waals surface area contributed by atoms with Crippen LogP contribution in [-0.4, -0.2) is 68.0 Å². The summed E-state index contributed by atoms with van der Waals surface area (Å²) in [5, 5.41) is 7.38. The first-order chi connectivity index (χ1) is 15.0. The Morgan fingerprint density at radius 1 is 0.935 bits per heavy atom. The molecule has 0 spiro atoms. The Kier molecular flexibility index (Phi) is 4.57. The van der Waals surface area contributed by atoms with Gasteiger partial charge in [0.05, 0.1) is 5.41 Å². The molecule has 0 aliphatic carbocycles. The average molecular weight is 416 g/mol. The first-order valence-electron chi connectivity index (χ1n) is 10.4. The van der Waals surface area contributed by atoms with E-state index in [9.17, 15) is 9.59 Å². The minimum Gasteiger partial charge on any atom is -0.337 e. The molecular formula is C23H24N6O2. The van der Waals surface area contributed by atoms with Gasteiger partial charge in [-0.05, 0) is 38.1 Å². The Morgan fingerprint density at radius 3 is 2.29 bits per heavy atom. The number of aromatic amines is 1. The molecule has 31 heavy (non-hydrogen) atoms. The Morgan fingerprint density at radius 2 is 1.65 bits per heavy atom. The summed E-state index contributed by atoms with van der Waals surface area (Å²) in [6.45, 7) is 5.78. The van der Waals surface area contributed by atoms with Gasteiger partial charge in [-0.15, -0.1) is 0 Å². The molecule has 2 aliphatic heterocycles. The number of carbonyl (C=O) groups is 2. The smallest absolute Gasteiger partial charge is 0.272 e. The molecule has 2 fully saturated rings. The highest BCUT2D eigenvalue weighted by Gasteiger charge is 2.57. The van der Waals surface area contributed by atoms with Crippen LogP contribution in [0, 0.1) is 19.8 Å². The molecule has 0 radical (unpaired) electrons. The number of H-pyrrole nitrogens is 1. The Hall–Kier alpha value is -3.55. The van der Waals surface area contributed by atoms with Gasteiger partial charge in [0.25, 0.3) is 11.8 Å². The van der Waals surface area contributed by atoms with Gasteiger partial charge < -0.3 is 9.80 Å². The van der Waals surface area contributed by atoms with Gasteiger partial charge in [-0.25, -0.2) is 9.97 Å². The molecule has 2 aromatic heterocycles. The van der Waals surface area contributed by atoms with Gasteiger partial charge in [0.1, 0.15) is 11.5 Å². The molecule has 1 N–H and O–H groups in total. The number of pyridine rings is 1. The van der Waals surface area contributed by atoms with Crippen LogP contribution in [0.2, 0.25) is 0 Å². The fourth-order valence-corrected chi connectivity index (χ4v) is 4.84. The molecule has 8 nitrogen and oxygen atoms in total. The van der Waals surface area contributed by atoms with Gasteiger partial charge in [0.2, 0.25) is 0 Å². The minimum absolute atomic E-state index is 0.000130. The summed E-state index contributed by atoms with van der Waals surface area (Å²) in [6, 6.07) is 14.8. The van der Waals surface area contributed by atoms with Crippen molar-refractivity contribution in [2.24, 2.45) is 5.92 Å². The normalized spacial score (nSPS) is 22.6. The predicted octanol–water partition coefficient (Wildman–Crippen LogP) is 1.98. The SMILES string of the molecule is Cc1cccc(C(=O)N2C[C@@H]3CN(C(=O)c4ccccc4)C[C@]3(c3n[nH]c(C)n3)C2)n1. The Balaban J connectivity index is 1.45. The molecule has 0 unspecified atom stereocenters. The maximum atomic E-state index is 13.2. The van der Waals surface area contributed by atoms with Crippen molar-refractivity contribution in [3.63, 3.8) is 0 Å². The van der Waals surface area contributed by atoms with Gasteiger partial charge in [0.15, 0.2) is 5.82 Å². The zero-order valence-electron chi connectivity index (χ0n) is 17.6. The van der Waals surface area contributed by atoms with Crippen LogP contribution in [-0.2, 0) is 5.41 Å². The summed E-state index contributed by atoms with van der Waals surface area (Å²) >= 11 is 0. The van der Waals surface area contributed by atoms with Crippen LogP contribution in [0.15, 0.2) is 48.5 Å². The highest BCUT2D eigenvalue weighted by Crippen LogP contribution is 2.44. The number of nitrogens with zero attached hydrogens (tertiary/aromatic N) is 5. The number of carbonyl (C=O) groups excluding carboxylic acids is 2. The van der Waals surface area contributed by atoms with Crippen LogP contribution < -0.4 is 0 Å². The van der Waals surface area contributed by atoms with E-state index in [0.29, 0.717) is 43.3 Å². The number of hydrogen-bond acceptors (Lipinski definition) is 5. The quantitative estimate of drug-likeness (QED) is 0.705. The van der Waals surface area contributed by atoms with Crippen molar-refractivity contribution in [1.29, 1.82) is 0 Å². The summed E-state index contributed by atoms with van der Waals surface area (Å²) in [5.74, 6) is 1.36. The number of benzene rings is 1. The topological polar surface area (TPSA) is 95.1 Å². The van der Waals surface area contributed by atoms with E-state index >= 15 is 0 Å². The van der Waals surface area contributed by atoms with E-state index in [-0.39, 0.29) is 17.7 Å². The van der Waals surface area contributed by atoms with Crippen molar-refractivity contribution in [2.45, 2.75) is 19.3 Å². The molecule has 1 aromatic carbocycles. The zero-order chi connectivity index (χ0) is 21.6. The van der Waals surface area contributed by atoms with Crippen LogP contribution >= 0.6 is 0 Å². The highest BCUT2D eigenvalue weighted by molar-refractivity contribution is 5.95. The molecule has 2 aliphatic rings. The second-order valence-electron chi connectivity index (χ2n) is 8.50. The summed E-state index contributed by atoms with van der Waals surface area (Å²) in [6.07, 6.45) is 0. The van der Waals surface area contributed by atoms with E-state index in [1.165, 1.54) is 0 Å². The first kappa shape index (κ1) is 19.4. The lowest BCUT2D eigenvalue weighted by molar-refractivity contribution is 0.0728. The number of rotatable bonds is 3. The van der Waals surface area contributed by atoms with Gasteiger partial charge in [-0.3, -0.25) is 14.7 Å². The molecule has 0 saturated carbocycles. The number of aromatic nitrogens is 4. The second-order valence-corrected chi connectivity index (χ2v) is 8.50. The molecule has 0 bridgehead atoms. The van der Waals surface area contributed by atoms with E-state index < -0.39 is 5.41 Å². The first-order valence-corrected chi connectivity index (χ1v) is 10.4. The number of amides is 2. The standard InChI is InChI=1S/C23H24N6O2/c1-15-7-6-10-19(24-15)21(31)29-12-18-11-28(20(30)17-8-4-3-5-9-17)13-23(18,14-29)22-25-16(2)26-27-22/h3-10,18H,11-14H2,1-2H3,(H,25,26,27)/t18-,23-/m0/s1. The van der Waals surface area contributed by atoms with Crippen molar-refractivity contribution in [2.75, 3.05) is 26.2 Å². The maximum Gasteiger partial charge on any atom is 0.272 e. The molecular weight excluding hydrogens is 392 g/mol. The van der Waals surface area contributed by atoms with Crippen LogP contribution in [0.4, 0.5) is 0 Å². The number of hydrogen-bond donors (Lipinski definition) is 1. The van der Waals surface area contributed by atoms with Crippen molar-refractivity contribution >= 4 is 11.8 Å². The van der Waals surface area contributed by atoms with Crippen molar-refractivity contribution in [3.05, 3.63) is 77.1 Å². The highest BCUT2D eigenvalue weighted by atomic mass is 16.2. The number of nitrogens with one attached hydrogen (secondary N) is 1. The molecule has 8 heteroatoms. The van der Waals surface area contributed by atoms with Crippen LogP contribution in [0.25, 0.3) is 0 Å². The largest absolute Gasteiger partial charge is 0.337 e. The van der Waals surface area contributed by atoms with E-state index in [0.717, 1.165) is 11.5 Å². The second kappa shape index (κ2) is 7.30. The maximum absolute atomic E-state index is 13.2. The van der Waals surface area contributed by atoms with Crippen LogP contribution in [0.3, 0.4) is 0 Å². The van der Waals surface area contributed by atoms with E-state index in [1.807, 2.05) is 66.1 Å². The number of likely N-dealkylation sites (tertiary alicyclic amines) is 2. The van der Waals surface area contributed by atoms with Crippen molar-refractivity contribution in [3.8, 4) is 0 Å². The summed E-state index contributed by atoms with van der Waals surface area (Å²) in [4.78, 5) is 39.0. The van der Waals surface area contributed by atoms with E-state index in [4.69, 9.17) is 0 Å². The summed E-state index contributed by atoms with van der Waals surface area (Å²) in [5.41, 5.74) is 1.43. The van der Waals surface area contributed by atoms with Crippen molar-refractivity contribution < 1.29 is 9.59 Å². The lowest BCUT2D eigenvalue weighted by Gasteiger charge is -2.26.